The van der Waals surface area contributed by atoms with Gasteiger partial charge in [-0.05, 0) is 97.3 Å². The molecule has 0 saturated carbocycles. The van der Waals surface area contributed by atoms with Gasteiger partial charge >= 0.3 is 0 Å². The first kappa shape index (κ1) is 19.6. The number of aryl methyl sites for hydroxylation is 4. The van der Waals surface area contributed by atoms with E-state index in [1.807, 2.05) is 50.2 Å². The van der Waals surface area contributed by atoms with E-state index in [4.69, 9.17) is 0 Å². The molecule has 0 aliphatic carbocycles. The summed E-state index contributed by atoms with van der Waals surface area (Å²) in [6.45, 7) is 10.1. The van der Waals surface area contributed by atoms with Crippen molar-refractivity contribution in [1.82, 2.24) is 0 Å². The normalized spacial score (nSPS) is 11.2. The molecule has 0 heterocycles. The maximum absolute atomic E-state index is 12.5. The Bertz CT molecular complexity index is 1020. The summed E-state index contributed by atoms with van der Waals surface area (Å²) in [5.74, 6) is 0.270. The number of hydrogen-bond donors (Lipinski definition) is 1. The van der Waals surface area contributed by atoms with Crippen molar-refractivity contribution in [3.05, 3.63) is 93.6 Å². The van der Waals surface area contributed by atoms with Crippen LogP contribution in [0.2, 0.25) is 0 Å². The summed E-state index contributed by atoms with van der Waals surface area (Å²) in [6, 6.07) is 15.9. The minimum absolute atomic E-state index is 0.0359. The van der Waals surface area contributed by atoms with E-state index in [-0.39, 0.29) is 5.78 Å². The third kappa shape index (κ3) is 4.07. The number of rotatable bonds is 4. The van der Waals surface area contributed by atoms with E-state index < -0.39 is 0 Å². The lowest BCUT2D eigenvalue weighted by Gasteiger charge is -2.09. The van der Waals surface area contributed by atoms with Gasteiger partial charge in [0.15, 0.2) is 5.78 Å². The number of phenolic OH excluding ortho intramolecular Hbond substituents is 1. The molecular formula is C26H26O2. The van der Waals surface area contributed by atoms with Crippen LogP contribution >= 0.6 is 0 Å². The third-order valence-corrected chi connectivity index (χ3v) is 5.37. The third-order valence-electron chi connectivity index (χ3n) is 5.37. The van der Waals surface area contributed by atoms with Gasteiger partial charge < -0.3 is 5.11 Å². The van der Waals surface area contributed by atoms with E-state index in [9.17, 15) is 9.90 Å². The fraction of sp³-hybridized carbons (Fsp3) is 0.192. The largest absolute Gasteiger partial charge is 0.507 e. The van der Waals surface area contributed by atoms with E-state index in [0.717, 1.165) is 22.3 Å². The lowest BCUT2D eigenvalue weighted by Crippen LogP contribution is -1.94. The van der Waals surface area contributed by atoms with E-state index in [0.29, 0.717) is 11.3 Å². The number of carbonyl (C=O) groups excluding carboxylic acids is 1. The zero-order valence-corrected chi connectivity index (χ0v) is 17.1. The summed E-state index contributed by atoms with van der Waals surface area (Å²) in [5.41, 5.74) is 9.33. The molecule has 3 aromatic carbocycles. The number of aromatic hydroxyl groups is 1. The predicted molar refractivity (Wildman–Crippen MR) is 117 cm³/mol. The van der Waals surface area contributed by atoms with Crippen molar-refractivity contribution >= 4 is 11.9 Å². The van der Waals surface area contributed by atoms with E-state index in [1.54, 1.807) is 12.2 Å². The average molecular weight is 370 g/mol. The quantitative estimate of drug-likeness (QED) is 0.420. The molecule has 0 aromatic heterocycles. The first-order valence-corrected chi connectivity index (χ1v) is 9.47. The lowest BCUT2D eigenvalue weighted by molar-refractivity contribution is 0.104. The molecule has 0 aliphatic heterocycles. The molecule has 3 aromatic rings. The summed E-state index contributed by atoms with van der Waals surface area (Å²) in [6.07, 6.45) is 3.38. The lowest BCUT2D eigenvalue weighted by atomic mass is 9.95. The SMILES string of the molecule is Cc1cc(-c2ccc(C(=O)C=Cc3cc(C)c(O)c(C)c3)cc2)cc(C)c1C. The Kier molecular flexibility index (Phi) is 5.51. The van der Waals surface area contributed by atoms with Crippen LogP contribution < -0.4 is 0 Å². The van der Waals surface area contributed by atoms with Gasteiger partial charge in [-0.25, -0.2) is 0 Å². The average Bonchev–Trinajstić information content (AvgIpc) is 2.68. The molecule has 2 heteroatoms. The molecule has 0 bridgehead atoms. The number of allylic oxidation sites excluding steroid dienone is 1. The molecule has 0 radical (unpaired) electrons. The van der Waals surface area contributed by atoms with Gasteiger partial charge in [0, 0.05) is 5.56 Å². The molecule has 28 heavy (non-hydrogen) atoms. The summed E-state index contributed by atoms with van der Waals surface area (Å²) in [7, 11) is 0. The standard InChI is InChI=1S/C26H26O2/c1-16-14-24(15-17(2)20(16)5)22-7-9-23(10-8-22)25(27)11-6-21-12-18(3)26(28)19(4)13-21/h6-15,28H,1-5H3. The highest BCUT2D eigenvalue weighted by atomic mass is 16.3. The van der Waals surface area contributed by atoms with Gasteiger partial charge in [-0.3, -0.25) is 4.79 Å². The number of ketones is 1. The molecule has 0 saturated heterocycles. The number of hydrogen-bond acceptors (Lipinski definition) is 2. The molecule has 0 amide bonds. The van der Waals surface area contributed by atoms with E-state index in [1.165, 1.54) is 22.3 Å². The van der Waals surface area contributed by atoms with Gasteiger partial charge in [-0.15, -0.1) is 0 Å². The minimum Gasteiger partial charge on any atom is -0.507 e. The topological polar surface area (TPSA) is 37.3 Å². The van der Waals surface area contributed by atoms with E-state index >= 15 is 0 Å². The van der Waals surface area contributed by atoms with Gasteiger partial charge in [0.25, 0.3) is 0 Å². The summed E-state index contributed by atoms with van der Waals surface area (Å²) in [4.78, 5) is 12.5. The van der Waals surface area contributed by atoms with Crippen molar-refractivity contribution in [3.63, 3.8) is 0 Å². The van der Waals surface area contributed by atoms with Crippen molar-refractivity contribution < 1.29 is 9.90 Å². The molecule has 0 unspecified atom stereocenters. The Hall–Kier alpha value is -3.13. The van der Waals surface area contributed by atoms with Gasteiger partial charge in [-0.1, -0.05) is 42.5 Å². The van der Waals surface area contributed by atoms with Crippen LogP contribution in [0.4, 0.5) is 0 Å². The van der Waals surface area contributed by atoms with Gasteiger partial charge in [0.05, 0.1) is 0 Å². The Labute approximate surface area is 167 Å². The van der Waals surface area contributed by atoms with Gasteiger partial charge in [0.1, 0.15) is 5.75 Å². The highest BCUT2D eigenvalue weighted by Crippen LogP contribution is 2.26. The fourth-order valence-corrected chi connectivity index (χ4v) is 3.38. The van der Waals surface area contributed by atoms with Crippen LogP contribution in [0.25, 0.3) is 17.2 Å². The highest BCUT2D eigenvalue weighted by Gasteiger charge is 2.07. The predicted octanol–water partition coefficient (Wildman–Crippen LogP) is 6.50. The van der Waals surface area contributed by atoms with Gasteiger partial charge in [-0.2, -0.15) is 0 Å². The zero-order chi connectivity index (χ0) is 20.4. The second-order valence-corrected chi connectivity index (χ2v) is 7.51. The second kappa shape index (κ2) is 7.85. The van der Waals surface area contributed by atoms with Crippen molar-refractivity contribution in [2.75, 3.05) is 0 Å². The van der Waals surface area contributed by atoms with Crippen molar-refractivity contribution in [2.24, 2.45) is 0 Å². The van der Waals surface area contributed by atoms with Crippen molar-refractivity contribution in [2.45, 2.75) is 34.6 Å². The first-order valence-electron chi connectivity index (χ1n) is 9.47. The Morgan fingerprint density at radius 1 is 0.750 bits per heavy atom. The summed E-state index contributed by atoms with van der Waals surface area (Å²) < 4.78 is 0. The molecule has 1 N–H and O–H groups in total. The molecule has 0 fully saturated rings. The van der Waals surface area contributed by atoms with Crippen LogP contribution in [0.3, 0.4) is 0 Å². The smallest absolute Gasteiger partial charge is 0.185 e. The van der Waals surface area contributed by atoms with Crippen molar-refractivity contribution in [1.29, 1.82) is 0 Å². The monoisotopic (exact) mass is 370 g/mol. The Morgan fingerprint density at radius 2 is 1.29 bits per heavy atom. The molecule has 0 spiro atoms. The van der Waals surface area contributed by atoms with Crippen LogP contribution in [0.15, 0.2) is 54.6 Å². The van der Waals surface area contributed by atoms with Gasteiger partial charge in [0.2, 0.25) is 0 Å². The maximum Gasteiger partial charge on any atom is 0.185 e. The second-order valence-electron chi connectivity index (χ2n) is 7.51. The van der Waals surface area contributed by atoms with E-state index in [2.05, 4.69) is 32.9 Å². The molecule has 0 atom stereocenters. The fourth-order valence-electron chi connectivity index (χ4n) is 3.38. The van der Waals surface area contributed by atoms with Crippen LogP contribution in [-0.4, -0.2) is 10.9 Å². The minimum atomic E-state index is -0.0359. The molecule has 3 rings (SSSR count). The van der Waals surface area contributed by atoms with Crippen LogP contribution in [0.5, 0.6) is 5.75 Å². The number of carbonyl (C=O) groups is 1. The molecular weight excluding hydrogens is 344 g/mol. The number of benzene rings is 3. The van der Waals surface area contributed by atoms with Crippen molar-refractivity contribution in [3.8, 4) is 16.9 Å². The zero-order valence-electron chi connectivity index (χ0n) is 17.1. The Morgan fingerprint density at radius 3 is 1.82 bits per heavy atom. The maximum atomic E-state index is 12.5. The van der Waals surface area contributed by atoms with Crippen LogP contribution in [0.1, 0.15) is 43.7 Å². The Balaban J connectivity index is 1.81. The highest BCUT2D eigenvalue weighted by molar-refractivity contribution is 6.07. The summed E-state index contributed by atoms with van der Waals surface area (Å²) >= 11 is 0. The van der Waals surface area contributed by atoms with Crippen LogP contribution in [-0.2, 0) is 0 Å². The number of phenols is 1. The molecule has 2 nitrogen and oxygen atoms in total. The summed E-state index contributed by atoms with van der Waals surface area (Å²) in [5, 5.41) is 9.86. The molecule has 142 valence electrons. The first-order chi connectivity index (χ1) is 13.3. The molecule has 0 aliphatic rings. The van der Waals surface area contributed by atoms with Crippen LogP contribution in [0, 0.1) is 34.6 Å².